The Balaban J connectivity index is 2.28. The van der Waals surface area contributed by atoms with Gasteiger partial charge in [-0.2, -0.15) is 0 Å². The second kappa shape index (κ2) is 5.25. The first-order valence-electron chi connectivity index (χ1n) is 5.58. The third-order valence-electron chi connectivity index (χ3n) is 2.51. The molecule has 0 aromatic carbocycles. The molecular weight excluding hydrogens is 192 g/mol. The molecule has 15 heavy (non-hydrogen) atoms. The number of hydrogen-bond acceptors (Lipinski definition) is 4. The van der Waals surface area contributed by atoms with Gasteiger partial charge in [0.05, 0.1) is 18.3 Å². The van der Waals surface area contributed by atoms with Gasteiger partial charge in [-0.15, -0.1) is 0 Å². The van der Waals surface area contributed by atoms with E-state index in [0.717, 1.165) is 26.2 Å². The van der Waals surface area contributed by atoms with Crippen LogP contribution in [0.4, 0.5) is 0 Å². The van der Waals surface area contributed by atoms with Gasteiger partial charge in [0.15, 0.2) is 0 Å². The first kappa shape index (κ1) is 12.9. The maximum absolute atomic E-state index is 9.68. The van der Waals surface area contributed by atoms with Crippen molar-refractivity contribution in [1.29, 1.82) is 0 Å². The second-order valence-corrected chi connectivity index (χ2v) is 5.26. The van der Waals surface area contributed by atoms with Crippen LogP contribution in [0, 0.1) is 0 Å². The van der Waals surface area contributed by atoms with Crippen LogP contribution in [0.1, 0.15) is 13.8 Å². The zero-order valence-electron chi connectivity index (χ0n) is 10.4. The minimum absolute atomic E-state index is 0.274. The van der Waals surface area contributed by atoms with Crippen molar-refractivity contribution in [1.82, 2.24) is 9.80 Å². The van der Waals surface area contributed by atoms with Gasteiger partial charge in [0, 0.05) is 26.2 Å². The topological polar surface area (TPSA) is 35.9 Å². The molecule has 1 rings (SSSR count). The van der Waals surface area contributed by atoms with Crippen LogP contribution in [-0.4, -0.2) is 73.5 Å². The predicted molar refractivity (Wildman–Crippen MR) is 61.0 cm³/mol. The molecule has 4 nitrogen and oxygen atoms in total. The molecule has 4 heteroatoms. The summed E-state index contributed by atoms with van der Waals surface area (Å²) in [4.78, 5) is 4.41. The van der Waals surface area contributed by atoms with E-state index in [1.165, 1.54) is 0 Å². The molecule has 1 N–H and O–H groups in total. The highest BCUT2D eigenvalue weighted by molar-refractivity contribution is 4.75. The van der Waals surface area contributed by atoms with Crippen LogP contribution in [0.2, 0.25) is 0 Å². The van der Waals surface area contributed by atoms with Crippen molar-refractivity contribution in [3.63, 3.8) is 0 Å². The zero-order chi connectivity index (χ0) is 11.5. The largest absolute Gasteiger partial charge is 0.389 e. The fourth-order valence-corrected chi connectivity index (χ4v) is 2.05. The summed E-state index contributed by atoms with van der Waals surface area (Å²) < 4.78 is 5.67. The molecule has 0 radical (unpaired) electrons. The Bertz CT molecular complexity index is 192. The summed E-state index contributed by atoms with van der Waals surface area (Å²) in [6.07, 6.45) is 0.274. The van der Waals surface area contributed by atoms with E-state index < -0.39 is 5.60 Å². The summed E-state index contributed by atoms with van der Waals surface area (Å²) in [7, 11) is 4.14. The Morgan fingerprint density at radius 3 is 2.73 bits per heavy atom. The fraction of sp³-hybridized carbons (Fsp3) is 1.00. The lowest BCUT2D eigenvalue weighted by Crippen LogP contribution is -2.47. The number of morpholine rings is 1. The van der Waals surface area contributed by atoms with Crippen LogP contribution in [0.25, 0.3) is 0 Å². The molecule has 1 aliphatic rings. The van der Waals surface area contributed by atoms with Crippen LogP contribution in [0.15, 0.2) is 0 Å². The van der Waals surface area contributed by atoms with Crippen molar-refractivity contribution in [2.45, 2.75) is 25.6 Å². The van der Waals surface area contributed by atoms with Crippen LogP contribution in [0.3, 0.4) is 0 Å². The minimum atomic E-state index is -0.630. The highest BCUT2D eigenvalue weighted by Crippen LogP contribution is 2.07. The number of rotatable bonds is 4. The summed E-state index contributed by atoms with van der Waals surface area (Å²) in [5.74, 6) is 0. The lowest BCUT2D eigenvalue weighted by Gasteiger charge is -2.34. The van der Waals surface area contributed by atoms with Gasteiger partial charge in [-0.05, 0) is 27.9 Å². The monoisotopic (exact) mass is 216 g/mol. The fourth-order valence-electron chi connectivity index (χ4n) is 2.05. The number of aliphatic hydroxyl groups is 1. The Morgan fingerprint density at radius 2 is 2.20 bits per heavy atom. The Hall–Kier alpha value is -0.160. The average molecular weight is 216 g/mol. The molecule has 0 amide bonds. The second-order valence-electron chi connectivity index (χ2n) is 5.26. The number of likely N-dealkylation sites (N-methyl/N-ethyl adjacent to an activating group) is 2. The molecule has 0 aromatic heterocycles. The maximum atomic E-state index is 9.68. The van der Waals surface area contributed by atoms with Gasteiger partial charge in [-0.3, -0.25) is 0 Å². The van der Waals surface area contributed by atoms with Crippen LogP contribution in [-0.2, 0) is 4.74 Å². The average Bonchev–Trinajstić information content (AvgIpc) is 1.99. The summed E-state index contributed by atoms with van der Waals surface area (Å²) in [6.45, 7) is 8.04. The van der Waals surface area contributed by atoms with Gasteiger partial charge in [0.1, 0.15) is 0 Å². The van der Waals surface area contributed by atoms with Crippen LogP contribution in [0.5, 0.6) is 0 Å². The Morgan fingerprint density at radius 1 is 1.53 bits per heavy atom. The van der Waals surface area contributed by atoms with Gasteiger partial charge < -0.3 is 19.6 Å². The third kappa shape index (κ3) is 5.47. The van der Waals surface area contributed by atoms with E-state index in [1.54, 1.807) is 0 Å². The number of hydrogen-bond donors (Lipinski definition) is 1. The molecule has 0 spiro atoms. The first-order valence-corrected chi connectivity index (χ1v) is 5.58. The van der Waals surface area contributed by atoms with Gasteiger partial charge in [0.25, 0.3) is 0 Å². The smallest absolute Gasteiger partial charge is 0.0829 e. The normalized spacial score (nSPS) is 24.8. The van der Waals surface area contributed by atoms with Crippen molar-refractivity contribution >= 4 is 0 Å². The number of ether oxygens (including phenoxy) is 1. The van der Waals surface area contributed by atoms with Crippen LogP contribution < -0.4 is 0 Å². The summed E-state index contributed by atoms with van der Waals surface area (Å²) in [5, 5.41) is 9.68. The summed E-state index contributed by atoms with van der Waals surface area (Å²) >= 11 is 0. The maximum Gasteiger partial charge on any atom is 0.0829 e. The van der Waals surface area contributed by atoms with Crippen molar-refractivity contribution in [3.8, 4) is 0 Å². The molecule has 1 saturated heterocycles. The molecule has 1 atom stereocenters. The SMILES string of the molecule is CN1CCOC(CN(C)CC(C)(C)O)C1. The highest BCUT2D eigenvalue weighted by Gasteiger charge is 2.22. The molecule has 1 heterocycles. The van der Waals surface area contributed by atoms with Crippen LogP contribution >= 0.6 is 0 Å². The molecular formula is C11H24N2O2. The number of nitrogens with zero attached hydrogens (tertiary/aromatic N) is 2. The highest BCUT2D eigenvalue weighted by atomic mass is 16.5. The molecule has 1 aliphatic heterocycles. The lowest BCUT2D eigenvalue weighted by molar-refractivity contribution is -0.0424. The first-order chi connectivity index (χ1) is 6.87. The van der Waals surface area contributed by atoms with Gasteiger partial charge in [0.2, 0.25) is 0 Å². The predicted octanol–water partition coefficient (Wildman–Crippen LogP) is 0.0197. The summed E-state index contributed by atoms with van der Waals surface area (Å²) in [6, 6.07) is 0. The summed E-state index contributed by atoms with van der Waals surface area (Å²) in [5.41, 5.74) is -0.630. The standard InChI is InChI=1S/C11H24N2O2/c1-11(2,14)9-13(4)8-10-7-12(3)5-6-15-10/h10,14H,5-9H2,1-4H3. The van der Waals surface area contributed by atoms with Crippen molar-refractivity contribution < 1.29 is 9.84 Å². The van der Waals surface area contributed by atoms with E-state index in [0.29, 0.717) is 6.54 Å². The van der Waals surface area contributed by atoms with E-state index in [4.69, 9.17) is 4.74 Å². The lowest BCUT2D eigenvalue weighted by atomic mass is 10.1. The molecule has 0 aromatic rings. The zero-order valence-corrected chi connectivity index (χ0v) is 10.4. The Labute approximate surface area is 92.8 Å². The molecule has 0 aliphatic carbocycles. The molecule has 90 valence electrons. The van der Waals surface area contributed by atoms with E-state index in [2.05, 4.69) is 16.8 Å². The quantitative estimate of drug-likeness (QED) is 0.719. The van der Waals surface area contributed by atoms with Gasteiger partial charge in [-0.1, -0.05) is 0 Å². The molecule has 1 unspecified atom stereocenters. The Kier molecular flexibility index (Phi) is 4.52. The van der Waals surface area contributed by atoms with Gasteiger partial charge >= 0.3 is 0 Å². The van der Waals surface area contributed by atoms with E-state index in [9.17, 15) is 5.11 Å². The van der Waals surface area contributed by atoms with E-state index >= 15 is 0 Å². The molecule has 0 saturated carbocycles. The minimum Gasteiger partial charge on any atom is -0.389 e. The molecule has 0 bridgehead atoms. The van der Waals surface area contributed by atoms with Crippen molar-refractivity contribution in [2.24, 2.45) is 0 Å². The van der Waals surface area contributed by atoms with Gasteiger partial charge in [-0.25, -0.2) is 0 Å². The van der Waals surface area contributed by atoms with Crippen molar-refractivity contribution in [2.75, 3.05) is 46.9 Å². The third-order valence-corrected chi connectivity index (χ3v) is 2.51. The van der Waals surface area contributed by atoms with E-state index in [1.807, 2.05) is 20.9 Å². The van der Waals surface area contributed by atoms with E-state index in [-0.39, 0.29) is 6.10 Å². The van der Waals surface area contributed by atoms with Crippen molar-refractivity contribution in [3.05, 3.63) is 0 Å². The molecule has 1 fully saturated rings.